The molecule has 1 rings (SSSR count). The minimum absolute atomic E-state index is 0.0609. The Morgan fingerprint density at radius 3 is 2.40 bits per heavy atom. The monoisotopic (exact) mass is 285 g/mol. The van der Waals surface area contributed by atoms with Crippen LogP contribution < -0.4 is 21.4 Å². The number of nitrogens with zero attached hydrogens (tertiary/aromatic N) is 1. The molecule has 1 aliphatic rings. The number of nitrogens with one attached hydrogen (secondary N) is 4. The van der Waals surface area contributed by atoms with Crippen LogP contribution in [0.4, 0.5) is 0 Å². The highest BCUT2D eigenvalue weighted by Crippen LogP contribution is 2.09. The summed E-state index contributed by atoms with van der Waals surface area (Å²) in [6.45, 7) is 13.3. The Labute approximate surface area is 122 Å². The van der Waals surface area contributed by atoms with Gasteiger partial charge in [-0.3, -0.25) is 4.99 Å². The molecule has 1 unspecified atom stereocenters. The Hall–Kier alpha value is -0.530. The summed E-state index contributed by atoms with van der Waals surface area (Å²) in [6, 6.07) is 0. The van der Waals surface area contributed by atoms with E-state index in [9.17, 15) is 5.21 Å². The maximum Gasteiger partial charge on any atom is 0.0649 e. The third-order valence-corrected chi connectivity index (χ3v) is 3.57. The molecule has 0 saturated carbocycles. The molecule has 118 valence electrons. The molecule has 0 aromatic carbocycles. The maximum atomic E-state index is 9.31. The van der Waals surface area contributed by atoms with E-state index in [0.717, 1.165) is 32.6 Å². The van der Waals surface area contributed by atoms with Crippen LogP contribution in [-0.2, 0) is 0 Å². The van der Waals surface area contributed by atoms with Crippen molar-refractivity contribution in [3.63, 3.8) is 0 Å². The van der Waals surface area contributed by atoms with E-state index in [1.165, 1.54) is 5.71 Å². The van der Waals surface area contributed by atoms with Gasteiger partial charge in [0.2, 0.25) is 0 Å². The molecule has 0 bridgehead atoms. The quantitative estimate of drug-likeness (QED) is 0.443. The van der Waals surface area contributed by atoms with Gasteiger partial charge < -0.3 is 21.2 Å². The highest BCUT2D eigenvalue weighted by molar-refractivity contribution is 5.82. The first-order valence-electron chi connectivity index (χ1n) is 7.45. The Morgan fingerprint density at radius 1 is 1.10 bits per heavy atom. The molecular weight excluding hydrogens is 254 g/mol. The summed E-state index contributed by atoms with van der Waals surface area (Å²) in [5.41, 5.74) is 3.28. The second-order valence-electron chi connectivity index (χ2n) is 6.63. The van der Waals surface area contributed by atoms with E-state index < -0.39 is 0 Å². The number of rotatable bonds is 1. The zero-order valence-electron chi connectivity index (χ0n) is 13.3. The van der Waals surface area contributed by atoms with Gasteiger partial charge in [-0.2, -0.15) is 5.48 Å². The molecule has 1 atom stereocenters. The normalized spacial score (nSPS) is 30.4. The number of hydrogen-bond donors (Lipinski definition) is 5. The SMILES string of the molecule is CC1=NCCNCC(C)(NO)CNCCNC(C)(C)C1. The van der Waals surface area contributed by atoms with Crippen LogP contribution in [0.1, 0.15) is 34.1 Å². The van der Waals surface area contributed by atoms with E-state index in [1.54, 1.807) is 0 Å². The van der Waals surface area contributed by atoms with Gasteiger partial charge in [0.1, 0.15) is 0 Å². The topological polar surface area (TPSA) is 80.7 Å². The summed E-state index contributed by atoms with van der Waals surface area (Å²) < 4.78 is 0. The van der Waals surface area contributed by atoms with E-state index in [-0.39, 0.29) is 11.1 Å². The van der Waals surface area contributed by atoms with Crippen LogP contribution in [0.3, 0.4) is 0 Å². The van der Waals surface area contributed by atoms with Crippen LogP contribution in [0.15, 0.2) is 4.99 Å². The van der Waals surface area contributed by atoms with Crippen LogP contribution in [0.2, 0.25) is 0 Å². The predicted octanol–water partition coefficient (Wildman–Crippen LogP) is 0.136. The summed E-state index contributed by atoms with van der Waals surface area (Å²) in [5.74, 6) is 0. The van der Waals surface area contributed by atoms with Crippen LogP contribution >= 0.6 is 0 Å². The van der Waals surface area contributed by atoms with Crippen LogP contribution in [0.5, 0.6) is 0 Å². The van der Waals surface area contributed by atoms with E-state index >= 15 is 0 Å². The Kier molecular flexibility index (Phi) is 7.05. The van der Waals surface area contributed by atoms with Crippen molar-refractivity contribution < 1.29 is 5.21 Å². The van der Waals surface area contributed by atoms with E-state index in [1.807, 2.05) is 6.92 Å². The van der Waals surface area contributed by atoms with Crippen molar-refractivity contribution in [1.82, 2.24) is 21.4 Å². The molecule has 0 saturated heterocycles. The molecular formula is C14H31N5O. The van der Waals surface area contributed by atoms with Crippen molar-refractivity contribution in [2.24, 2.45) is 4.99 Å². The van der Waals surface area contributed by atoms with E-state index in [0.29, 0.717) is 13.1 Å². The fourth-order valence-corrected chi connectivity index (χ4v) is 2.44. The van der Waals surface area contributed by atoms with Crippen molar-refractivity contribution in [2.75, 3.05) is 39.3 Å². The number of aliphatic imine (C=N–C) groups is 1. The second kappa shape index (κ2) is 8.05. The second-order valence-corrected chi connectivity index (χ2v) is 6.63. The first-order chi connectivity index (χ1) is 9.37. The van der Waals surface area contributed by atoms with Crippen molar-refractivity contribution in [2.45, 2.75) is 45.2 Å². The molecule has 0 amide bonds. The zero-order valence-corrected chi connectivity index (χ0v) is 13.3. The van der Waals surface area contributed by atoms with Gasteiger partial charge in [-0.25, -0.2) is 0 Å². The standard InChI is InChI=1S/C14H31N5O/c1-12-9-13(2,3)18-8-6-16-11-14(4,19-20)10-15-5-7-17-12/h15-16,18-20H,5-11H2,1-4H3. The van der Waals surface area contributed by atoms with Crippen molar-refractivity contribution in [3.8, 4) is 0 Å². The maximum absolute atomic E-state index is 9.31. The minimum atomic E-state index is -0.363. The fourth-order valence-electron chi connectivity index (χ4n) is 2.44. The van der Waals surface area contributed by atoms with E-state index in [2.05, 4.69) is 47.2 Å². The summed E-state index contributed by atoms with van der Waals surface area (Å²) in [7, 11) is 0. The first-order valence-corrected chi connectivity index (χ1v) is 7.45. The van der Waals surface area contributed by atoms with Gasteiger partial charge in [0.25, 0.3) is 0 Å². The largest absolute Gasteiger partial charge is 0.316 e. The van der Waals surface area contributed by atoms with Gasteiger partial charge in [-0.05, 0) is 27.7 Å². The molecule has 0 radical (unpaired) electrons. The van der Waals surface area contributed by atoms with Crippen molar-refractivity contribution in [1.29, 1.82) is 0 Å². The molecule has 1 heterocycles. The lowest BCUT2D eigenvalue weighted by Gasteiger charge is -2.30. The lowest BCUT2D eigenvalue weighted by Crippen LogP contribution is -2.56. The first kappa shape index (κ1) is 17.5. The molecule has 0 aromatic rings. The molecule has 0 spiro atoms. The molecule has 5 N–H and O–H groups in total. The van der Waals surface area contributed by atoms with E-state index in [4.69, 9.17) is 0 Å². The molecule has 6 heteroatoms. The smallest absolute Gasteiger partial charge is 0.0649 e. The van der Waals surface area contributed by atoms with Crippen LogP contribution in [-0.4, -0.2) is 61.3 Å². The summed E-state index contributed by atoms with van der Waals surface area (Å²) in [6.07, 6.45) is 0.961. The Balaban J connectivity index is 2.61. The number of hydrogen-bond acceptors (Lipinski definition) is 6. The minimum Gasteiger partial charge on any atom is -0.316 e. The Morgan fingerprint density at radius 2 is 1.75 bits per heavy atom. The predicted molar refractivity (Wildman–Crippen MR) is 83.7 cm³/mol. The van der Waals surface area contributed by atoms with Gasteiger partial charge in [0.05, 0.1) is 12.1 Å². The fraction of sp³-hybridized carbons (Fsp3) is 0.929. The Bertz CT molecular complexity index is 319. The average Bonchev–Trinajstić information content (AvgIpc) is 2.36. The molecule has 1 aliphatic heterocycles. The average molecular weight is 285 g/mol. The molecule has 0 aromatic heterocycles. The lowest BCUT2D eigenvalue weighted by molar-refractivity contribution is 0.0705. The van der Waals surface area contributed by atoms with Gasteiger partial charge in [-0.1, -0.05) is 0 Å². The number of hydroxylamine groups is 1. The lowest BCUT2D eigenvalue weighted by atomic mass is 9.97. The molecule has 6 nitrogen and oxygen atoms in total. The van der Waals surface area contributed by atoms with Gasteiger partial charge in [0, 0.05) is 50.4 Å². The molecule has 0 fully saturated rings. The summed E-state index contributed by atoms with van der Waals surface area (Å²) >= 11 is 0. The highest BCUT2D eigenvalue weighted by atomic mass is 16.5. The highest BCUT2D eigenvalue weighted by Gasteiger charge is 2.23. The van der Waals surface area contributed by atoms with Crippen molar-refractivity contribution >= 4 is 5.71 Å². The van der Waals surface area contributed by atoms with Gasteiger partial charge in [0.15, 0.2) is 0 Å². The summed E-state index contributed by atoms with van der Waals surface area (Å²) in [4.78, 5) is 4.60. The van der Waals surface area contributed by atoms with Crippen molar-refractivity contribution in [3.05, 3.63) is 0 Å². The summed E-state index contributed by atoms with van der Waals surface area (Å²) in [5, 5.41) is 19.6. The third kappa shape index (κ3) is 6.76. The third-order valence-electron chi connectivity index (χ3n) is 3.57. The van der Waals surface area contributed by atoms with Gasteiger partial charge >= 0.3 is 0 Å². The molecule has 20 heavy (non-hydrogen) atoms. The van der Waals surface area contributed by atoms with Crippen LogP contribution in [0, 0.1) is 0 Å². The zero-order chi connectivity index (χ0) is 15.1. The van der Waals surface area contributed by atoms with Crippen LogP contribution in [0.25, 0.3) is 0 Å². The van der Waals surface area contributed by atoms with Gasteiger partial charge in [-0.15, -0.1) is 0 Å². The molecule has 0 aliphatic carbocycles.